The lowest BCUT2D eigenvalue weighted by molar-refractivity contribution is 0.948. The van der Waals surface area contributed by atoms with Crippen LogP contribution in [-0.4, -0.2) is 7.42 Å². The Morgan fingerprint density at radius 2 is 2.25 bits per heavy atom. The Balaban J connectivity index is 3.51. The standard InChI is InChI=1S/C5H10Cl2Si/c1-3-5(4-2)8(6)7/h3,5,8H,1,4H2,2H3. The second-order valence-electron chi connectivity index (χ2n) is 1.64. The molecule has 0 nitrogen and oxygen atoms in total. The summed E-state index contributed by atoms with van der Waals surface area (Å²) in [5, 5.41) is 0. The van der Waals surface area contributed by atoms with E-state index in [0.29, 0.717) is 5.54 Å². The first-order chi connectivity index (χ1) is 3.72. The monoisotopic (exact) mass is 168 g/mol. The Morgan fingerprint density at radius 3 is 2.25 bits per heavy atom. The first kappa shape index (κ1) is 8.54. The van der Waals surface area contributed by atoms with Crippen molar-refractivity contribution in [3.05, 3.63) is 12.7 Å². The predicted octanol–water partition coefficient (Wildman–Crippen LogP) is 2.65. The lowest BCUT2D eigenvalue weighted by Crippen LogP contribution is -2.01. The molecule has 48 valence electrons. The molecule has 3 heteroatoms. The first-order valence-electron chi connectivity index (χ1n) is 2.63. The number of hydrogen-bond acceptors (Lipinski definition) is 0. The minimum absolute atomic E-state index is 0.387. The molecular weight excluding hydrogens is 159 g/mol. The van der Waals surface area contributed by atoms with E-state index < -0.39 is 7.42 Å². The van der Waals surface area contributed by atoms with Gasteiger partial charge < -0.3 is 0 Å². The molecule has 0 rings (SSSR count). The van der Waals surface area contributed by atoms with E-state index >= 15 is 0 Å². The van der Waals surface area contributed by atoms with Crippen LogP contribution in [-0.2, 0) is 0 Å². The van der Waals surface area contributed by atoms with E-state index in [1.807, 2.05) is 6.08 Å². The van der Waals surface area contributed by atoms with Crippen LogP contribution in [0.5, 0.6) is 0 Å². The Hall–Kier alpha value is 0.537. The summed E-state index contributed by atoms with van der Waals surface area (Å²) in [5.74, 6) is 0. The summed E-state index contributed by atoms with van der Waals surface area (Å²) in [6, 6.07) is 0. The normalized spacial score (nSPS) is 14.0. The Morgan fingerprint density at radius 1 is 1.75 bits per heavy atom. The van der Waals surface area contributed by atoms with Crippen molar-refractivity contribution in [3.63, 3.8) is 0 Å². The number of allylic oxidation sites excluding steroid dienone is 1. The lowest BCUT2D eigenvalue weighted by Gasteiger charge is -2.05. The van der Waals surface area contributed by atoms with Gasteiger partial charge in [0.15, 0.2) is 0 Å². The van der Waals surface area contributed by atoms with Crippen LogP contribution < -0.4 is 0 Å². The van der Waals surface area contributed by atoms with Crippen LogP contribution in [0.25, 0.3) is 0 Å². The van der Waals surface area contributed by atoms with Crippen LogP contribution in [0.3, 0.4) is 0 Å². The average molecular weight is 169 g/mol. The summed E-state index contributed by atoms with van der Waals surface area (Å²) >= 11 is 11.4. The predicted molar refractivity (Wildman–Crippen MR) is 43.1 cm³/mol. The maximum atomic E-state index is 5.68. The average Bonchev–Trinajstić information content (AvgIpc) is 1.69. The van der Waals surface area contributed by atoms with Gasteiger partial charge in [0, 0.05) is 0 Å². The first-order valence-corrected chi connectivity index (χ1v) is 6.78. The molecule has 0 bridgehead atoms. The third kappa shape index (κ3) is 2.75. The number of hydrogen-bond donors (Lipinski definition) is 0. The molecule has 0 N–H and O–H groups in total. The third-order valence-corrected chi connectivity index (χ3v) is 4.43. The molecule has 0 aliphatic rings. The Bertz CT molecular complexity index is 72.8. The van der Waals surface area contributed by atoms with Crippen LogP contribution in [0.1, 0.15) is 13.3 Å². The molecule has 0 aromatic carbocycles. The van der Waals surface area contributed by atoms with Crippen LogP contribution in [0, 0.1) is 0 Å². The third-order valence-electron chi connectivity index (χ3n) is 1.10. The van der Waals surface area contributed by atoms with Crippen LogP contribution in [0.2, 0.25) is 5.54 Å². The minimum atomic E-state index is -1.46. The lowest BCUT2D eigenvalue weighted by atomic mass is 10.3. The van der Waals surface area contributed by atoms with Gasteiger partial charge in [0.05, 0.1) is 0 Å². The van der Waals surface area contributed by atoms with Gasteiger partial charge in [-0.1, -0.05) is 19.4 Å². The van der Waals surface area contributed by atoms with E-state index in [0.717, 1.165) is 6.42 Å². The van der Waals surface area contributed by atoms with E-state index in [1.165, 1.54) is 0 Å². The van der Waals surface area contributed by atoms with E-state index in [9.17, 15) is 0 Å². The summed E-state index contributed by atoms with van der Waals surface area (Å²) in [5.41, 5.74) is 0.387. The van der Waals surface area contributed by atoms with Gasteiger partial charge in [0.2, 0.25) is 7.42 Å². The molecule has 1 unspecified atom stereocenters. The Kier molecular flexibility index (Phi) is 4.72. The van der Waals surface area contributed by atoms with E-state index in [-0.39, 0.29) is 0 Å². The zero-order chi connectivity index (χ0) is 6.57. The summed E-state index contributed by atoms with van der Waals surface area (Å²) in [4.78, 5) is 0. The van der Waals surface area contributed by atoms with Crippen molar-refractivity contribution in [2.45, 2.75) is 18.9 Å². The molecule has 0 saturated carbocycles. The van der Waals surface area contributed by atoms with Gasteiger partial charge in [-0.2, -0.15) is 0 Å². The number of rotatable bonds is 3. The molecule has 0 amide bonds. The molecule has 0 spiro atoms. The van der Waals surface area contributed by atoms with Gasteiger partial charge in [0.25, 0.3) is 0 Å². The molecule has 0 radical (unpaired) electrons. The molecule has 0 aromatic rings. The second-order valence-corrected chi connectivity index (χ2v) is 6.66. The van der Waals surface area contributed by atoms with Gasteiger partial charge >= 0.3 is 0 Å². The zero-order valence-corrected chi connectivity index (χ0v) is 7.57. The van der Waals surface area contributed by atoms with E-state index in [2.05, 4.69) is 13.5 Å². The molecule has 1 atom stereocenters. The van der Waals surface area contributed by atoms with Crippen molar-refractivity contribution in [1.29, 1.82) is 0 Å². The van der Waals surface area contributed by atoms with Crippen molar-refractivity contribution in [1.82, 2.24) is 0 Å². The summed E-state index contributed by atoms with van der Waals surface area (Å²) in [6.45, 7) is 5.69. The molecule has 0 saturated heterocycles. The van der Waals surface area contributed by atoms with Crippen LogP contribution in [0.15, 0.2) is 12.7 Å². The van der Waals surface area contributed by atoms with Gasteiger partial charge in [-0.25, -0.2) is 0 Å². The summed E-state index contributed by atoms with van der Waals surface area (Å²) in [6.07, 6.45) is 2.87. The SMILES string of the molecule is C=CC(CC)[SiH](Cl)Cl. The molecule has 0 aromatic heterocycles. The molecule has 0 heterocycles. The highest BCUT2D eigenvalue weighted by molar-refractivity contribution is 7.34. The van der Waals surface area contributed by atoms with Gasteiger partial charge in [-0.15, -0.1) is 28.7 Å². The molecule has 0 aliphatic carbocycles. The second kappa shape index (κ2) is 4.42. The van der Waals surface area contributed by atoms with Crippen molar-refractivity contribution in [2.24, 2.45) is 0 Å². The van der Waals surface area contributed by atoms with E-state index in [1.54, 1.807) is 0 Å². The fourth-order valence-corrected chi connectivity index (χ4v) is 2.70. The molecule has 8 heavy (non-hydrogen) atoms. The topological polar surface area (TPSA) is 0 Å². The molecule has 0 fully saturated rings. The van der Waals surface area contributed by atoms with Crippen LogP contribution >= 0.6 is 22.2 Å². The summed E-state index contributed by atoms with van der Waals surface area (Å²) < 4.78 is 0. The maximum Gasteiger partial charge on any atom is 0.243 e. The molecular formula is C5H10Cl2Si. The highest BCUT2D eigenvalue weighted by atomic mass is 35.7. The van der Waals surface area contributed by atoms with Crippen molar-refractivity contribution < 1.29 is 0 Å². The Labute approximate surface area is 61.5 Å². The molecule has 0 aliphatic heterocycles. The minimum Gasteiger partial charge on any atom is -0.150 e. The van der Waals surface area contributed by atoms with Crippen molar-refractivity contribution in [2.75, 3.05) is 0 Å². The van der Waals surface area contributed by atoms with Gasteiger partial charge in [-0.3, -0.25) is 0 Å². The van der Waals surface area contributed by atoms with Crippen molar-refractivity contribution >= 4 is 29.6 Å². The van der Waals surface area contributed by atoms with Gasteiger partial charge in [-0.05, 0) is 5.54 Å². The highest BCUT2D eigenvalue weighted by Gasteiger charge is 2.11. The zero-order valence-electron chi connectivity index (χ0n) is 4.90. The largest absolute Gasteiger partial charge is 0.243 e. The van der Waals surface area contributed by atoms with Crippen molar-refractivity contribution in [3.8, 4) is 0 Å². The quantitative estimate of drug-likeness (QED) is 0.346. The fourth-order valence-electron chi connectivity index (χ4n) is 0.448. The van der Waals surface area contributed by atoms with Gasteiger partial charge in [0.1, 0.15) is 0 Å². The van der Waals surface area contributed by atoms with E-state index in [4.69, 9.17) is 22.2 Å². The smallest absolute Gasteiger partial charge is 0.150 e. The van der Waals surface area contributed by atoms with Crippen LogP contribution in [0.4, 0.5) is 0 Å². The summed E-state index contributed by atoms with van der Waals surface area (Å²) in [7, 11) is -1.46. The number of halogens is 2. The highest BCUT2D eigenvalue weighted by Crippen LogP contribution is 2.20. The maximum absolute atomic E-state index is 5.68. The fraction of sp³-hybridized carbons (Fsp3) is 0.600.